The van der Waals surface area contributed by atoms with Crippen LogP contribution in [0.5, 0.6) is 11.5 Å². The van der Waals surface area contributed by atoms with Crippen molar-refractivity contribution in [2.75, 3.05) is 13.7 Å². The number of benzene rings is 1. The van der Waals surface area contributed by atoms with Gasteiger partial charge in [-0.15, -0.1) is 25.6 Å². The van der Waals surface area contributed by atoms with Crippen molar-refractivity contribution in [3.63, 3.8) is 0 Å². The van der Waals surface area contributed by atoms with Gasteiger partial charge in [0.05, 0.1) is 19.8 Å². The van der Waals surface area contributed by atoms with Crippen molar-refractivity contribution in [2.45, 2.75) is 25.5 Å². The summed E-state index contributed by atoms with van der Waals surface area (Å²) in [5.41, 5.74) is 5.62. The van der Waals surface area contributed by atoms with Crippen molar-refractivity contribution in [1.29, 1.82) is 0 Å². The number of hydrogen-bond acceptors (Lipinski definition) is 5. The molecule has 23 heavy (non-hydrogen) atoms. The molecular formula is C13H16ClF4NO4. The van der Waals surface area contributed by atoms with Gasteiger partial charge in [0, 0.05) is 11.6 Å². The molecule has 0 amide bonds. The Bertz CT molecular complexity index is 527. The lowest BCUT2D eigenvalue weighted by Crippen LogP contribution is -2.31. The topological polar surface area (TPSA) is 70.8 Å². The van der Waals surface area contributed by atoms with E-state index in [-0.39, 0.29) is 30.3 Å². The average Bonchev–Trinajstić information content (AvgIpc) is 2.44. The van der Waals surface area contributed by atoms with Crippen molar-refractivity contribution in [2.24, 2.45) is 5.73 Å². The van der Waals surface area contributed by atoms with Gasteiger partial charge in [-0.1, -0.05) is 0 Å². The molecule has 0 saturated heterocycles. The van der Waals surface area contributed by atoms with E-state index in [2.05, 4.69) is 9.47 Å². The summed E-state index contributed by atoms with van der Waals surface area (Å²) in [5, 5.41) is 0. The van der Waals surface area contributed by atoms with Gasteiger partial charge < -0.3 is 19.9 Å². The van der Waals surface area contributed by atoms with Crippen molar-refractivity contribution in [3.05, 3.63) is 23.8 Å². The summed E-state index contributed by atoms with van der Waals surface area (Å²) in [7, 11) is 1.17. The number of carbonyl (C=O) groups is 1. The molecule has 0 radical (unpaired) electrons. The Kier molecular flexibility index (Phi) is 8.11. The van der Waals surface area contributed by atoms with Crippen molar-refractivity contribution in [3.8, 4) is 11.5 Å². The van der Waals surface area contributed by atoms with Crippen molar-refractivity contribution in [1.82, 2.24) is 0 Å². The first-order valence-electron chi connectivity index (χ1n) is 6.19. The maximum Gasteiger partial charge on any atom is 0.573 e. The highest BCUT2D eigenvalue weighted by Crippen LogP contribution is 2.33. The molecule has 1 aromatic rings. The zero-order valence-corrected chi connectivity index (χ0v) is 13.0. The molecule has 132 valence electrons. The molecule has 2 atom stereocenters. The van der Waals surface area contributed by atoms with Gasteiger partial charge >= 0.3 is 12.3 Å². The van der Waals surface area contributed by atoms with Crippen LogP contribution in [0.4, 0.5) is 17.6 Å². The first-order chi connectivity index (χ1) is 10.2. The van der Waals surface area contributed by atoms with Gasteiger partial charge in [0.1, 0.15) is 11.5 Å². The maximum atomic E-state index is 13.9. The van der Waals surface area contributed by atoms with Gasteiger partial charge in [-0.25, -0.2) is 9.18 Å². The molecule has 0 aliphatic rings. The number of rotatable bonds is 6. The fraction of sp³-hybridized carbons (Fsp3) is 0.462. The lowest BCUT2D eigenvalue weighted by molar-refractivity contribution is -0.274. The van der Waals surface area contributed by atoms with Crippen LogP contribution >= 0.6 is 12.4 Å². The number of esters is 1. The monoisotopic (exact) mass is 361 g/mol. The predicted molar refractivity (Wildman–Crippen MR) is 75.4 cm³/mol. The molecule has 0 aliphatic heterocycles. The second kappa shape index (κ2) is 8.78. The molecule has 0 bridgehead atoms. The minimum atomic E-state index is -4.87. The standard InChI is InChI=1S/C13H15F4NO4.ClH/c1-3-21-12(19)10(14)11(18)8-5-4-7(6-9(8)20-2)22-13(15,16)17;/h4-6,10-11H,3,18H2,1-2H3;1H/t10?,11-;/m1./s1. The highest BCUT2D eigenvalue weighted by Gasteiger charge is 2.33. The van der Waals surface area contributed by atoms with Crippen LogP contribution in [0, 0.1) is 0 Å². The lowest BCUT2D eigenvalue weighted by atomic mass is 10.0. The fourth-order valence-corrected chi connectivity index (χ4v) is 1.69. The third-order valence-corrected chi connectivity index (χ3v) is 2.62. The van der Waals surface area contributed by atoms with E-state index in [1.165, 1.54) is 14.0 Å². The van der Waals surface area contributed by atoms with E-state index < -0.39 is 30.3 Å². The third-order valence-electron chi connectivity index (χ3n) is 2.62. The van der Waals surface area contributed by atoms with Crippen LogP contribution in [0.3, 0.4) is 0 Å². The minimum absolute atomic E-state index is 0. The predicted octanol–water partition coefficient (Wildman–Crippen LogP) is 2.92. The van der Waals surface area contributed by atoms with E-state index in [1.807, 2.05) is 0 Å². The number of ether oxygens (including phenoxy) is 3. The second-order valence-corrected chi connectivity index (χ2v) is 4.13. The molecule has 10 heteroatoms. The van der Waals surface area contributed by atoms with Gasteiger partial charge in [0.15, 0.2) is 0 Å². The molecule has 0 spiro atoms. The molecule has 2 N–H and O–H groups in total. The van der Waals surface area contributed by atoms with E-state index in [1.54, 1.807) is 0 Å². The summed E-state index contributed by atoms with van der Waals surface area (Å²) < 4.78 is 63.4. The summed E-state index contributed by atoms with van der Waals surface area (Å²) in [6.45, 7) is 1.47. The zero-order chi connectivity index (χ0) is 16.9. The Morgan fingerprint density at radius 2 is 1.96 bits per heavy atom. The van der Waals surface area contributed by atoms with E-state index in [0.717, 1.165) is 18.2 Å². The number of nitrogens with two attached hydrogens (primary N) is 1. The van der Waals surface area contributed by atoms with Gasteiger partial charge in [0.25, 0.3) is 0 Å². The van der Waals surface area contributed by atoms with Crippen LogP contribution in [0.25, 0.3) is 0 Å². The summed E-state index contributed by atoms with van der Waals surface area (Å²) in [4.78, 5) is 11.3. The fourth-order valence-electron chi connectivity index (χ4n) is 1.69. The Morgan fingerprint density at radius 1 is 1.35 bits per heavy atom. The van der Waals surface area contributed by atoms with E-state index in [9.17, 15) is 22.4 Å². The van der Waals surface area contributed by atoms with Crippen molar-refractivity contribution >= 4 is 18.4 Å². The Hall–Kier alpha value is -1.74. The number of carbonyl (C=O) groups excluding carboxylic acids is 1. The molecule has 0 aromatic heterocycles. The molecular weight excluding hydrogens is 346 g/mol. The molecule has 0 saturated carbocycles. The number of halogens is 5. The van der Waals surface area contributed by atoms with Crippen LogP contribution < -0.4 is 15.2 Å². The number of alkyl halides is 4. The zero-order valence-electron chi connectivity index (χ0n) is 12.2. The van der Waals surface area contributed by atoms with Gasteiger partial charge in [0.2, 0.25) is 6.17 Å². The van der Waals surface area contributed by atoms with Gasteiger partial charge in [-0.05, 0) is 19.1 Å². The summed E-state index contributed by atoms with van der Waals surface area (Å²) in [6.07, 6.45) is -7.05. The maximum absolute atomic E-state index is 13.9. The lowest BCUT2D eigenvalue weighted by Gasteiger charge is -2.19. The third kappa shape index (κ3) is 6.11. The smallest absolute Gasteiger partial charge is 0.496 e. The molecule has 5 nitrogen and oxygen atoms in total. The van der Waals surface area contributed by atoms with Crippen LogP contribution in [0.15, 0.2) is 18.2 Å². The first-order valence-corrected chi connectivity index (χ1v) is 6.19. The highest BCUT2D eigenvalue weighted by atomic mass is 35.5. The van der Waals surface area contributed by atoms with Gasteiger partial charge in [-0.3, -0.25) is 0 Å². The van der Waals surface area contributed by atoms with Crippen LogP contribution in [-0.2, 0) is 9.53 Å². The van der Waals surface area contributed by atoms with Crippen LogP contribution in [0.2, 0.25) is 0 Å². The SMILES string of the molecule is CCOC(=O)C(F)[C@H](N)c1ccc(OC(F)(F)F)cc1OC.Cl. The van der Waals surface area contributed by atoms with Crippen molar-refractivity contribution < 1.29 is 36.6 Å². The molecule has 0 heterocycles. The van der Waals surface area contributed by atoms with Gasteiger partial charge in [-0.2, -0.15) is 0 Å². The Labute approximate surface area is 136 Å². The number of hydrogen-bond donors (Lipinski definition) is 1. The average molecular weight is 362 g/mol. The summed E-state index contributed by atoms with van der Waals surface area (Å²) in [6, 6.07) is 1.49. The largest absolute Gasteiger partial charge is 0.573 e. The molecule has 0 aliphatic carbocycles. The van der Waals surface area contributed by atoms with E-state index in [4.69, 9.17) is 10.5 Å². The van der Waals surface area contributed by atoms with E-state index in [0.29, 0.717) is 0 Å². The quantitative estimate of drug-likeness (QED) is 0.623. The van der Waals surface area contributed by atoms with Crippen LogP contribution in [0.1, 0.15) is 18.5 Å². The molecule has 0 fully saturated rings. The molecule has 1 unspecified atom stereocenters. The Morgan fingerprint density at radius 3 is 2.43 bits per heavy atom. The summed E-state index contributed by atoms with van der Waals surface area (Å²) in [5.74, 6) is -1.85. The molecule has 1 rings (SSSR count). The Balaban J connectivity index is 0.00000484. The highest BCUT2D eigenvalue weighted by molar-refractivity contribution is 5.85. The van der Waals surface area contributed by atoms with Crippen LogP contribution in [-0.4, -0.2) is 32.2 Å². The minimum Gasteiger partial charge on any atom is -0.496 e. The normalized spacial score (nSPS) is 13.5. The first kappa shape index (κ1) is 21.3. The van der Waals surface area contributed by atoms with E-state index >= 15 is 0 Å². The molecule has 1 aromatic carbocycles. The second-order valence-electron chi connectivity index (χ2n) is 4.13. The number of methoxy groups -OCH3 is 1. The summed E-state index contributed by atoms with van der Waals surface area (Å²) >= 11 is 0.